The Labute approximate surface area is 113 Å². The summed E-state index contributed by atoms with van der Waals surface area (Å²) in [4.78, 5) is 23.0. The summed E-state index contributed by atoms with van der Waals surface area (Å²) in [6.07, 6.45) is 0.390. The van der Waals surface area contributed by atoms with E-state index in [1.165, 1.54) is 0 Å². The molecule has 0 bridgehead atoms. The van der Waals surface area contributed by atoms with E-state index in [9.17, 15) is 14.7 Å². The molecular formula is C15H21NO3. The molecule has 4 heteroatoms. The molecule has 104 valence electrons. The summed E-state index contributed by atoms with van der Waals surface area (Å²) in [5, 5.41) is 12.0. The molecular weight excluding hydrogens is 242 g/mol. The second kappa shape index (κ2) is 6.36. The van der Waals surface area contributed by atoms with E-state index in [-0.39, 0.29) is 5.91 Å². The summed E-state index contributed by atoms with van der Waals surface area (Å²) in [6.45, 7) is 5.85. The number of nitrogens with one attached hydrogen (secondary N) is 1. The number of hydrogen-bond acceptors (Lipinski definition) is 2. The van der Waals surface area contributed by atoms with Crippen molar-refractivity contribution in [2.24, 2.45) is 5.41 Å². The maximum atomic E-state index is 11.7. The van der Waals surface area contributed by atoms with Gasteiger partial charge in [-0.1, -0.05) is 51.1 Å². The van der Waals surface area contributed by atoms with Gasteiger partial charge in [-0.15, -0.1) is 0 Å². The third-order valence-electron chi connectivity index (χ3n) is 2.90. The number of hydrogen-bond donors (Lipinski definition) is 2. The molecule has 0 aliphatic rings. The Hall–Kier alpha value is -1.84. The zero-order chi connectivity index (χ0) is 14.5. The van der Waals surface area contributed by atoms with Crippen molar-refractivity contribution in [3.05, 3.63) is 35.9 Å². The molecule has 0 heterocycles. The quantitative estimate of drug-likeness (QED) is 0.857. The second-order valence-corrected chi connectivity index (χ2v) is 5.60. The first-order valence-corrected chi connectivity index (χ1v) is 6.38. The predicted molar refractivity (Wildman–Crippen MR) is 73.9 cm³/mol. The van der Waals surface area contributed by atoms with E-state index in [0.717, 1.165) is 5.56 Å². The van der Waals surface area contributed by atoms with E-state index < -0.39 is 17.3 Å². The van der Waals surface area contributed by atoms with Crippen molar-refractivity contribution in [3.63, 3.8) is 0 Å². The fourth-order valence-electron chi connectivity index (χ4n) is 1.71. The molecule has 4 nitrogen and oxygen atoms in total. The van der Waals surface area contributed by atoms with Gasteiger partial charge in [0.2, 0.25) is 5.91 Å². The molecule has 0 saturated heterocycles. The van der Waals surface area contributed by atoms with E-state index in [0.29, 0.717) is 13.0 Å². The van der Waals surface area contributed by atoms with Crippen LogP contribution in [0, 0.1) is 5.41 Å². The number of carbonyl (C=O) groups is 2. The second-order valence-electron chi connectivity index (χ2n) is 5.60. The Morgan fingerprint density at radius 2 is 1.79 bits per heavy atom. The van der Waals surface area contributed by atoms with Gasteiger partial charge in [0.05, 0.1) is 5.92 Å². The fraction of sp³-hybridized carbons (Fsp3) is 0.467. The number of carboxylic acid groups (broad SMARTS) is 1. The number of amides is 1. The maximum Gasteiger partial charge on any atom is 0.311 e. The summed E-state index contributed by atoms with van der Waals surface area (Å²) >= 11 is 0. The van der Waals surface area contributed by atoms with E-state index in [1.807, 2.05) is 39.0 Å². The van der Waals surface area contributed by atoms with Gasteiger partial charge in [-0.25, -0.2) is 0 Å². The maximum absolute atomic E-state index is 11.7. The Morgan fingerprint density at radius 3 is 2.26 bits per heavy atom. The minimum Gasteiger partial charge on any atom is -0.481 e. The van der Waals surface area contributed by atoms with Crippen molar-refractivity contribution in [3.8, 4) is 0 Å². The van der Waals surface area contributed by atoms with Crippen LogP contribution < -0.4 is 5.32 Å². The van der Waals surface area contributed by atoms with Crippen molar-refractivity contribution in [1.29, 1.82) is 0 Å². The van der Waals surface area contributed by atoms with E-state index in [2.05, 4.69) is 5.32 Å². The molecule has 0 saturated carbocycles. The van der Waals surface area contributed by atoms with Crippen LogP contribution in [0.1, 0.15) is 38.7 Å². The van der Waals surface area contributed by atoms with E-state index in [4.69, 9.17) is 0 Å². The molecule has 0 spiro atoms. The lowest BCUT2D eigenvalue weighted by atomic mass is 9.94. The Kier molecular flexibility index (Phi) is 5.10. The Bertz CT molecular complexity index is 434. The normalized spacial score (nSPS) is 12.8. The van der Waals surface area contributed by atoms with Gasteiger partial charge in [-0.3, -0.25) is 9.59 Å². The zero-order valence-corrected chi connectivity index (χ0v) is 11.6. The number of benzene rings is 1. The van der Waals surface area contributed by atoms with Crippen LogP contribution in [-0.4, -0.2) is 23.5 Å². The third kappa shape index (κ3) is 4.73. The number of aliphatic carboxylic acids is 1. The highest BCUT2D eigenvalue weighted by Crippen LogP contribution is 2.19. The fourth-order valence-corrected chi connectivity index (χ4v) is 1.71. The van der Waals surface area contributed by atoms with Crippen LogP contribution >= 0.6 is 0 Å². The first-order chi connectivity index (χ1) is 8.82. The van der Waals surface area contributed by atoms with Gasteiger partial charge in [0.25, 0.3) is 0 Å². The van der Waals surface area contributed by atoms with Gasteiger partial charge < -0.3 is 10.4 Å². The number of carbonyl (C=O) groups excluding carboxylic acids is 1. The lowest BCUT2D eigenvalue weighted by molar-refractivity contribution is -0.139. The lowest BCUT2D eigenvalue weighted by Crippen LogP contribution is -2.36. The molecule has 2 N–H and O–H groups in total. The number of rotatable bonds is 5. The van der Waals surface area contributed by atoms with Crippen molar-refractivity contribution in [1.82, 2.24) is 5.32 Å². The highest BCUT2D eigenvalue weighted by Gasteiger charge is 2.23. The molecule has 0 aliphatic heterocycles. The molecule has 0 radical (unpaired) electrons. The lowest BCUT2D eigenvalue weighted by Gasteiger charge is -2.19. The van der Waals surface area contributed by atoms with Crippen LogP contribution in [0.2, 0.25) is 0 Å². The largest absolute Gasteiger partial charge is 0.481 e. The van der Waals surface area contributed by atoms with Crippen molar-refractivity contribution < 1.29 is 14.7 Å². The van der Waals surface area contributed by atoms with Gasteiger partial charge >= 0.3 is 5.97 Å². The molecule has 1 atom stereocenters. The first kappa shape index (κ1) is 15.2. The highest BCUT2D eigenvalue weighted by molar-refractivity contribution is 5.81. The van der Waals surface area contributed by atoms with Crippen molar-refractivity contribution >= 4 is 11.9 Å². The minimum absolute atomic E-state index is 0.0651. The molecule has 0 aromatic heterocycles. The minimum atomic E-state index is -0.865. The first-order valence-electron chi connectivity index (χ1n) is 6.38. The summed E-state index contributed by atoms with van der Waals surface area (Å²) < 4.78 is 0. The molecule has 1 aromatic carbocycles. The van der Waals surface area contributed by atoms with Gasteiger partial charge in [0, 0.05) is 12.0 Å². The molecule has 1 amide bonds. The topological polar surface area (TPSA) is 66.4 Å². The monoisotopic (exact) mass is 263 g/mol. The van der Waals surface area contributed by atoms with Crippen molar-refractivity contribution in [2.75, 3.05) is 6.54 Å². The van der Waals surface area contributed by atoms with Gasteiger partial charge in [-0.05, 0) is 12.0 Å². The smallest absolute Gasteiger partial charge is 0.311 e. The van der Waals surface area contributed by atoms with Crippen LogP contribution in [0.4, 0.5) is 0 Å². The van der Waals surface area contributed by atoms with Crippen LogP contribution in [-0.2, 0) is 9.59 Å². The number of carboxylic acids is 1. The zero-order valence-electron chi connectivity index (χ0n) is 11.6. The molecule has 19 heavy (non-hydrogen) atoms. The summed E-state index contributed by atoms with van der Waals surface area (Å²) in [6, 6.07) is 9.08. The molecule has 1 aromatic rings. The summed E-state index contributed by atoms with van der Waals surface area (Å²) in [5.74, 6) is -1.51. The Balaban J connectivity index is 2.58. The van der Waals surface area contributed by atoms with Crippen molar-refractivity contribution in [2.45, 2.75) is 33.1 Å². The van der Waals surface area contributed by atoms with E-state index >= 15 is 0 Å². The molecule has 0 aliphatic carbocycles. The summed E-state index contributed by atoms with van der Waals surface area (Å²) in [5.41, 5.74) is 0.311. The SMILES string of the molecule is CC(C)(C)C(=O)NCCC(C(=O)O)c1ccccc1. The predicted octanol–water partition coefficient (Wildman–Crippen LogP) is 2.41. The molecule has 1 unspecified atom stereocenters. The third-order valence-corrected chi connectivity index (χ3v) is 2.90. The average Bonchev–Trinajstić information content (AvgIpc) is 2.33. The van der Waals surface area contributed by atoms with Crippen LogP contribution in [0.25, 0.3) is 0 Å². The van der Waals surface area contributed by atoms with Gasteiger partial charge in [0.1, 0.15) is 0 Å². The Morgan fingerprint density at radius 1 is 1.21 bits per heavy atom. The van der Waals surface area contributed by atoms with E-state index in [1.54, 1.807) is 12.1 Å². The standard InChI is InChI=1S/C15H21NO3/c1-15(2,3)14(19)16-10-9-12(13(17)18)11-7-5-4-6-8-11/h4-8,12H,9-10H2,1-3H3,(H,16,19)(H,17,18). The highest BCUT2D eigenvalue weighted by atomic mass is 16.4. The van der Waals surface area contributed by atoms with Gasteiger partial charge in [-0.2, -0.15) is 0 Å². The van der Waals surface area contributed by atoms with Crippen LogP contribution in [0.5, 0.6) is 0 Å². The average molecular weight is 263 g/mol. The van der Waals surface area contributed by atoms with Gasteiger partial charge in [0.15, 0.2) is 0 Å². The van der Waals surface area contributed by atoms with Crippen LogP contribution in [0.15, 0.2) is 30.3 Å². The molecule has 1 rings (SSSR count). The molecule has 0 fully saturated rings. The summed E-state index contributed by atoms with van der Waals surface area (Å²) in [7, 11) is 0. The van der Waals surface area contributed by atoms with Crippen LogP contribution in [0.3, 0.4) is 0 Å².